The molecule has 2 N–H and O–H groups in total. The molecule has 1 aromatic heterocycles. The molecule has 0 amide bonds. The fourth-order valence-corrected chi connectivity index (χ4v) is 2.94. The summed E-state index contributed by atoms with van der Waals surface area (Å²) in [6.45, 7) is 5.70. The first-order valence-corrected chi connectivity index (χ1v) is 8.82. The summed E-state index contributed by atoms with van der Waals surface area (Å²) >= 11 is 0. The third-order valence-corrected chi connectivity index (χ3v) is 4.60. The summed E-state index contributed by atoms with van der Waals surface area (Å²) in [7, 11) is 1.96. The highest BCUT2D eigenvalue weighted by atomic mass is 16.5. The van der Waals surface area contributed by atoms with Crippen molar-refractivity contribution in [2.24, 2.45) is 12.0 Å². The molecule has 8 heteroatoms. The van der Waals surface area contributed by atoms with Crippen LogP contribution in [-0.4, -0.2) is 59.2 Å². The molecule has 24 heavy (non-hydrogen) atoms. The van der Waals surface area contributed by atoms with Crippen molar-refractivity contribution in [2.75, 3.05) is 26.3 Å². The molecular formula is C16H28N6O2. The molecule has 8 nitrogen and oxygen atoms in total. The van der Waals surface area contributed by atoms with E-state index in [1.165, 1.54) is 0 Å². The number of rotatable bonds is 6. The Morgan fingerprint density at radius 2 is 1.75 bits per heavy atom. The predicted molar refractivity (Wildman–Crippen MR) is 90.8 cm³/mol. The molecule has 2 saturated heterocycles. The van der Waals surface area contributed by atoms with Gasteiger partial charge in [-0.2, -0.15) is 0 Å². The molecular weight excluding hydrogens is 308 g/mol. The molecule has 0 radical (unpaired) electrons. The standard InChI is InChI=1S/C16H28N6O2/c1-12-20-21-15(22(12)2)11-19-16(17-9-13-5-3-7-23-13)18-10-14-6-4-8-24-14/h13-14H,3-11H2,1-2H3,(H2,17,18,19). The van der Waals surface area contributed by atoms with Gasteiger partial charge in [0.05, 0.1) is 12.2 Å². The van der Waals surface area contributed by atoms with Crippen LogP contribution in [0.3, 0.4) is 0 Å². The van der Waals surface area contributed by atoms with Crippen molar-refractivity contribution in [3.05, 3.63) is 11.6 Å². The molecule has 2 aliphatic heterocycles. The van der Waals surface area contributed by atoms with Crippen molar-refractivity contribution in [1.82, 2.24) is 25.4 Å². The van der Waals surface area contributed by atoms with E-state index in [1.807, 2.05) is 18.5 Å². The number of nitrogens with zero attached hydrogens (tertiary/aromatic N) is 4. The van der Waals surface area contributed by atoms with Gasteiger partial charge in [-0.1, -0.05) is 0 Å². The molecule has 0 aromatic carbocycles. The van der Waals surface area contributed by atoms with E-state index in [0.717, 1.165) is 69.6 Å². The van der Waals surface area contributed by atoms with Gasteiger partial charge in [-0.15, -0.1) is 10.2 Å². The van der Waals surface area contributed by atoms with Crippen LogP contribution in [-0.2, 0) is 23.1 Å². The smallest absolute Gasteiger partial charge is 0.191 e. The van der Waals surface area contributed by atoms with Gasteiger partial charge in [0.15, 0.2) is 11.8 Å². The predicted octanol–water partition coefficient (Wildman–Crippen LogP) is 0.517. The van der Waals surface area contributed by atoms with Crippen LogP contribution >= 0.6 is 0 Å². The highest BCUT2D eigenvalue weighted by Crippen LogP contribution is 2.11. The monoisotopic (exact) mass is 336 g/mol. The van der Waals surface area contributed by atoms with Gasteiger partial charge in [-0.25, -0.2) is 4.99 Å². The topological polar surface area (TPSA) is 85.6 Å². The molecule has 0 spiro atoms. The second-order valence-corrected chi connectivity index (χ2v) is 6.42. The first-order chi connectivity index (χ1) is 11.7. The minimum Gasteiger partial charge on any atom is -0.376 e. The molecule has 2 aliphatic rings. The lowest BCUT2D eigenvalue weighted by molar-refractivity contribution is 0.111. The Bertz CT molecular complexity index is 525. The van der Waals surface area contributed by atoms with E-state index in [-0.39, 0.29) is 12.2 Å². The lowest BCUT2D eigenvalue weighted by atomic mass is 10.2. The summed E-state index contributed by atoms with van der Waals surface area (Å²) in [5.74, 6) is 2.52. The zero-order valence-electron chi connectivity index (χ0n) is 14.6. The largest absolute Gasteiger partial charge is 0.376 e. The van der Waals surface area contributed by atoms with Gasteiger partial charge in [0.1, 0.15) is 12.4 Å². The number of guanidine groups is 1. The maximum atomic E-state index is 5.67. The van der Waals surface area contributed by atoms with Gasteiger partial charge < -0.3 is 24.7 Å². The summed E-state index contributed by atoms with van der Waals surface area (Å²) in [4.78, 5) is 4.65. The minimum absolute atomic E-state index is 0.275. The van der Waals surface area contributed by atoms with Crippen LogP contribution in [0.5, 0.6) is 0 Å². The Morgan fingerprint density at radius 3 is 2.21 bits per heavy atom. The summed E-state index contributed by atoms with van der Waals surface area (Å²) in [6, 6.07) is 0. The van der Waals surface area contributed by atoms with Gasteiger partial charge in [0.2, 0.25) is 0 Å². The van der Waals surface area contributed by atoms with Crippen LogP contribution in [0.2, 0.25) is 0 Å². The van der Waals surface area contributed by atoms with Crippen molar-refractivity contribution >= 4 is 5.96 Å². The summed E-state index contributed by atoms with van der Waals surface area (Å²) in [6.07, 6.45) is 5.04. The number of hydrogen-bond acceptors (Lipinski definition) is 5. The SMILES string of the molecule is Cc1nnc(CN=C(NCC2CCCO2)NCC2CCCO2)n1C. The van der Waals surface area contributed by atoms with Crippen molar-refractivity contribution in [3.63, 3.8) is 0 Å². The van der Waals surface area contributed by atoms with Crippen LogP contribution in [0.25, 0.3) is 0 Å². The minimum atomic E-state index is 0.275. The Morgan fingerprint density at radius 1 is 1.12 bits per heavy atom. The highest BCUT2D eigenvalue weighted by Gasteiger charge is 2.18. The Hall–Kier alpha value is -1.67. The first kappa shape index (κ1) is 17.2. The molecule has 2 fully saturated rings. The Kier molecular flexibility index (Phi) is 6.03. The number of nitrogens with one attached hydrogen (secondary N) is 2. The van der Waals surface area contributed by atoms with Crippen molar-refractivity contribution in [1.29, 1.82) is 0 Å². The van der Waals surface area contributed by atoms with Gasteiger partial charge in [-0.05, 0) is 32.6 Å². The van der Waals surface area contributed by atoms with E-state index in [1.54, 1.807) is 0 Å². The molecule has 3 rings (SSSR count). The first-order valence-electron chi connectivity index (χ1n) is 8.82. The molecule has 2 unspecified atom stereocenters. The maximum absolute atomic E-state index is 5.67. The molecule has 0 aliphatic carbocycles. The molecule has 3 heterocycles. The molecule has 0 bridgehead atoms. The van der Waals surface area contributed by atoms with Crippen LogP contribution < -0.4 is 10.6 Å². The van der Waals surface area contributed by atoms with E-state index in [9.17, 15) is 0 Å². The normalized spacial score (nSPS) is 23.4. The van der Waals surface area contributed by atoms with Gasteiger partial charge in [0.25, 0.3) is 0 Å². The zero-order chi connectivity index (χ0) is 16.8. The fourth-order valence-electron chi connectivity index (χ4n) is 2.94. The van der Waals surface area contributed by atoms with Crippen LogP contribution in [0.1, 0.15) is 37.3 Å². The zero-order valence-corrected chi connectivity index (χ0v) is 14.6. The third kappa shape index (κ3) is 4.67. The van der Waals surface area contributed by atoms with Crippen LogP contribution in [0.15, 0.2) is 4.99 Å². The average Bonchev–Trinajstić information content (AvgIpc) is 3.33. The molecule has 0 saturated carbocycles. The lowest BCUT2D eigenvalue weighted by Gasteiger charge is -2.17. The number of aliphatic imine (C=N–C) groups is 1. The highest BCUT2D eigenvalue weighted by molar-refractivity contribution is 5.79. The van der Waals surface area contributed by atoms with E-state index >= 15 is 0 Å². The van der Waals surface area contributed by atoms with Gasteiger partial charge in [0, 0.05) is 33.4 Å². The van der Waals surface area contributed by atoms with Crippen LogP contribution in [0.4, 0.5) is 0 Å². The van der Waals surface area contributed by atoms with Crippen molar-refractivity contribution in [3.8, 4) is 0 Å². The fraction of sp³-hybridized carbons (Fsp3) is 0.812. The van der Waals surface area contributed by atoms with E-state index in [2.05, 4.69) is 25.8 Å². The second kappa shape index (κ2) is 8.43. The third-order valence-electron chi connectivity index (χ3n) is 4.60. The molecule has 2 atom stereocenters. The number of hydrogen-bond donors (Lipinski definition) is 2. The summed E-state index contributed by atoms with van der Waals surface area (Å²) in [5, 5.41) is 15.0. The lowest BCUT2D eigenvalue weighted by Crippen LogP contribution is -2.43. The second-order valence-electron chi connectivity index (χ2n) is 6.42. The maximum Gasteiger partial charge on any atom is 0.191 e. The Balaban J connectivity index is 1.56. The van der Waals surface area contributed by atoms with Crippen molar-refractivity contribution in [2.45, 2.75) is 51.4 Å². The number of aryl methyl sites for hydroxylation is 1. The molecule has 1 aromatic rings. The number of ether oxygens (including phenoxy) is 2. The quantitative estimate of drug-likeness (QED) is 0.582. The van der Waals surface area contributed by atoms with E-state index < -0.39 is 0 Å². The average molecular weight is 336 g/mol. The van der Waals surface area contributed by atoms with Gasteiger partial charge >= 0.3 is 0 Å². The number of aromatic nitrogens is 3. The van der Waals surface area contributed by atoms with Gasteiger partial charge in [-0.3, -0.25) is 0 Å². The van der Waals surface area contributed by atoms with E-state index in [4.69, 9.17) is 9.47 Å². The van der Waals surface area contributed by atoms with Crippen LogP contribution in [0, 0.1) is 6.92 Å². The molecule has 134 valence electrons. The Labute approximate surface area is 143 Å². The van der Waals surface area contributed by atoms with Crippen molar-refractivity contribution < 1.29 is 9.47 Å². The summed E-state index contributed by atoms with van der Waals surface area (Å²) in [5.41, 5.74) is 0. The summed E-state index contributed by atoms with van der Waals surface area (Å²) < 4.78 is 13.3. The van der Waals surface area contributed by atoms with E-state index in [0.29, 0.717) is 6.54 Å².